The van der Waals surface area contributed by atoms with Crippen molar-refractivity contribution in [3.63, 3.8) is 0 Å². The number of hydrogen-bond donors (Lipinski definition) is 1. The highest BCUT2D eigenvalue weighted by Gasteiger charge is 2.25. The predicted molar refractivity (Wildman–Crippen MR) is 62.6 cm³/mol. The Hall–Kier alpha value is -1.61. The molecule has 0 saturated heterocycles. The molecule has 9 heteroatoms. The van der Waals surface area contributed by atoms with Crippen LogP contribution in [-0.2, 0) is 30.9 Å². The summed E-state index contributed by atoms with van der Waals surface area (Å²) < 4.78 is 34.3. The van der Waals surface area contributed by atoms with Gasteiger partial charge in [0.1, 0.15) is 11.5 Å². The summed E-state index contributed by atoms with van der Waals surface area (Å²) in [6.45, 7) is 1.63. The maximum Gasteiger partial charge on any atom is 0.420 e. The van der Waals surface area contributed by atoms with E-state index in [-0.39, 0.29) is 18.0 Å². The van der Waals surface area contributed by atoms with Gasteiger partial charge in [0.05, 0.1) is 7.11 Å². The number of aryl methyl sites for hydroxylation is 1. The van der Waals surface area contributed by atoms with Gasteiger partial charge >= 0.3 is 6.09 Å². The van der Waals surface area contributed by atoms with Gasteiger partial charge in [0.2, 0.25) is 0 Å². The van der Waals surface area contributed by atoms with Crippen LogP contribution in [0.25, 0.3) is 0 Å². The first-order valence-corrected chi connectivity index (χ1v) is 7.01. The minimum absolute atomic E-state index is 0.0697. The molecular weight excluding hydrogens is 282 g/mol. The topological polar surface area (TPSA) is 98.8 Å². The molecule has 1 heterocycles. The monoisotopic (exact) mass is 293 g/mol. The van der Waals surface area contributed by atoms with Crippen LogP contribution >= 0.6 is 11.3 Å². The van der Waals surface area contributed by atoms with E-state index in [0.29, 0.717) is 10.4 Å². The number of nitrogens with one attached hydrogen (secondary N) is 1. The molecule has 0 bridgehead atoms. The van der Waals surface area contributed by atoms with Gasteiger partial charge in [-0.05, 0) is 12.3 Å². The van der Waals surface area contributed by atoms with Crippen LogP contribution in [0.3, 0.4) is 0 Å². The van der Waals surface area contributed by atoms with Gasteiger partial charge in [-0.25, -0.2) is 17.9 Å². The van der Waals surface area contributed by atoms with Gasteiger partial charge < -0.3 is 9.47 Å². The zero-order valence-corrected chi connectivity index (χ0v) is 11.3. The standard InChI is InChI=1S/C9H11NO6S2/c1-6-8(7(4-17-6)3-16-5-11)18(13,14)10-9(12)15-2/h4-5H,3H2,1-2H3,(H,10,12). The molecule has 0 fully saturated rings. The molecule has 0 unspecified atom stereocenters. The summed E-state index contributed by atoms with van der Waals surface area (Å²) in [7, 11) is -2.97. The van der Waals surface area contributed by atoms with Crippen molar-refractivity contribution < 1.29 is 27.5 Å². The van der Waals surface area contributed by atoms with Crippen LogP contribution in [-0.4, -0.2) is 28.1 Å². The lowest BCUT2D eigenvalue weighted by Crippen LogP contribution is -2.31. The van der Waals surface area contributed by atoms with Crippen LogP contribution in [0.15, 0.2) is 10.3 Å². The minimum Gasteiger partial charge on any atom is -0.463 e. The van der Waals surface area contributed by atoms with E-state index >= 15 is 0 Å². The summed E-state index contributed by atoms with van der Waals surface area (Å²) in [5, 5.41) is 1.55. The van der Waals surface area contributed by atoms with Crippen molar-refractivity contribution in [2.45, 2.75) is 18.4 Å². The van der Waals surface area contributed by atoms with Crippen LogP contribution in [0, 0.1) is 6.92 Å². The fraction of sp³-hybridized carbons (Fsp3) is 0.333. The van der Waals surface area contributed by atoms with E-state index in [2.05, 4.69) is 9.47 Å². The number of carbonyl (C=O) groups is 2. The Balaban J connectivity index is 3.10. The molecule has 1 N–H and O–H groups in total. The van der Waals surface area contributed by atoms with Crippen molar-refractivity contribution in [3.05, 3.63) is 15.8 Å². The van der Waals surface area contributed by atoms with Crippen molar-refractivity contribution in [1.82, 2.24) is 4.72 Å². The molecule has 0 aliphatic rings. The molecule has 0 spiro atoms. The summed E-state index contributed by atoms with van der Waals surface area (Å²) in [5.41, 5.74) is 0.306. The van der Waals surface area contributed by atoms with Crippen molar-refractivity contribution in [2.75, 3.05) is 7.11 Å². The Kier molecular flexibility index (Phi) is 4.68. The molecule has 1 amide bonds. The molecule has 1 aromatic heterocycles. The summed E-state index contributed by atoms with van der Waals surface area (Å²) in [6, 6.07) is 0. The third kappa shape index (κ3) is 3.20. The Bertz CT molecular complexity index is 547. The Morgan fingerprint density at radius 2 is 2.22 bits per heavy atom. The Morgan fingerprint density at radius 3 is 2.78 bits per heavy atom. The highest BCUT2D eigenvalue weighted by Crippen LogP contribution is 2.27. The largest absolute Gasteiger partial charge is 0.463 e. The second-order valence-electron chi connectivity index (χ2n) is 3.15. The average Bonchev–Trinajstić information content (AvgIpc) is 2.67. The number of amides is 1. The molecule has 0 aliphatic heterocycles. The molecule has 0 aromatic carbocycles. The van der Waals surface area contributed by atoms with Gasteiger partial charge in [-0.3, -0.25) is 4.79 Å². The van der Waals surface area contributed by atoms with E-state index in [1.54, 1.807) is 17.0 Å². The molecule has 100 valence electrons. The maximum atomic E-state index is 11.9. The predicted octanol–water partition coefficient (Wildman–Crippen LogP) is 0.774. The highest BCUT2D eigenvalue weighted by atomic mass is 32.2. The number of sulfonamides is 1. The molecule has 7 nitrogen and oxygen atoms in total. The van der Waals surface area contributed by atoms with E-state index in [0.717, 1.165) is 7.11 Å². The van der Waals surface area contributed by atoms with E-state index in [1.807, 2.05) is 0 Å². The van der Waals surface area contributed by atoms with Crippen molar-refractivity contribution in [2.24, 2.45) is 0 Å². The number of carbonyl (C=O) groups excluding carboxylic acids is 2. The van der Waals surface area contributed by atoms with Gasteiger partial charge in [0.25, 0.3) is 16.5 Å². The summed E-state index contributed by atoms with van der Waals surface area (Å²) in [5.74, 6) is 0. The zero-order valence-electron chi connectivity index (χ0n) is 9.63. The lowest BCUT2D eigenvalue weighted by Gasteiger charge is -2.07. The molecular formula is C9H11NO6S2. The highest BCUT2D eigenvalue weighted by molar-refractivity contribution is 7.90. The van der Waals surface area contributed by atoms with Crippen LogP contribution < -0.4 is 4.72 Å². The Labute approximate surface area is 108 Å². The molecule has 0 atom stereocenters. The van der Waals surface area contributed by atoms with E-state index < -0.39 is 16.1 Å². The summed E-state index contributed by atoms with van der Waals surface area (Å²) in [4.78, 5) is 21.5. The van der Waals surface area contributed by atoms with E-state index in [1.165, 1.54) is 11.3 Å². The number of methoxy groups -OCH3 is 1. The molecule has 0 aliphatic carbocycles. The normalized spacial score (nSPS) is 10.8. The average molecular weight is 293 g/mol. The smallest absolute Gasteiger partial charge is 0.420 e. The molecule has 0 saturated carbocycles. The molecule has 1 aromatic rings. The van der Waals surface area contributed by atoms with Gasteiger partial charge in [-0.1, -0.05) is 0 Å². The van der Waals surface area contributed by atoms with Crippen LogP contribution in [0.5, 0.6) is 0 Å². The first-order valence-electron chi connectivity index (χ1n) is 4.65. The lowest BCUT2D eigenvalue weighted by atomic mass is 10.3. The van der Waals surface area contributed by atoms with E-state index in [4.69, 9.17) is 0 Å². The third-order valence-electron chi connectivity index (χ3n) is 1.97. The van der Waals surface area contributed by atoms with Gasteiger partial charge in [0, 0.05) is 10.4 Å². The quantitative estimate of drug-likeness (QED) is 0.805. The van der Waals surface area contributed by atoms with Gasteiger partial charge in [0.15, 0.2) is 0 Å². The van der Waals surface area contributed by atoms with Crippen molar-refractivity contribution in [1.29, 1.82) is 0 Å². The number of rotatable bonds is 5. The molecule has 18 heavy (non-hydrogen) atoms. The number of thiophene rings is 1. The van der Waals surface area contributed by atoms with Gasteiger partial charge in [-0.15, -0.1) is 11.3 Å². The minimum atomic E-state index is -4.03. The maximum absolute atomic E-state index is 11.9. The van der Waals surface area contributed by atoms with E-state index in [9.17, 15) is 18.0 Å². The fourth-order valence-corrected chi connectivity index (χ4v) is 3.82. The molecule has 0 radical (unpaired) electrons. The van der Waals surface area contributed by atoms with Crippen LogP contribution in [0.2, 0.25) is 0 Å². The molecule has 1 rings (SSSR count). The van der Waals surface area contributed by atoms with Gasteiger partial charge in [-0.2, -0.15) is 0 Å². The fourth-order valence-electron chi connectivity index (χ4n) is 1.28. The third-order valence-corrected chi connectivity index (χ3v) is 4.60. The second-order valence-corrected chi connectivity index (χ2v) is 5.85. The summed E-state index contributed by atoms with van der Waals surface area (Å²) >= 11 is 1.18. The first-order chi connectivity index (χ1) is 8.42. The summed E-state index contributed by atoms with van der Waals surface area (Å²) in [6.07, 6.45) is -1.08. The second kappa shape index (κ2) is 5.83. The zero-order chi connectivity index (χ0) is 13.8. The number of hydrogen-bond acceptors (Lipinski definition) is 7. The SMILES string of the molecule is COC(=O)NS(=O)(=O)c1c(COC=O)csc1C. The Morgan fingerprint density at radius 1 is 1.56 bits per heavy atom. The van der Waals surface area contributed by atoms with Crippen molar-refractivity contribution >= 4 is 33.9 Å². The first kappa shape index (κ1) is 14.5. The number of ether oxygens (including phenoxy) is 2. The van der Waals surface area contributed by atoms with Crippen LogP contribution in [0.4, 0.5) is 4.79 Å². The van der Waals surface area contributed by atoms with Crippen LogP contribution in [0.1, 0.15) is 10.4 Å². The lowest BCUT2D eigenvalue weighted by molar-refractivity contribution is -0.129. The van der Waals surface area contributed by atoms with Crippen molar-refractivity contribution in [3.8, 4) is 0 Å².